The molecule has 8 nitrogen and oxygen atoms in total. The Kier molecular flexibility index (Phi) is 10.2. The molecule has 2 saturated heterocycles. The molecule has 12 heteroatoms. The molecule has 0 aromatic heterocycles. The van der Waals surface area contributed by atoms with Crippen molar-refractivity contribution in [3.05, 3.63) is 24.0 Å². The summed E-state index contributed by atoms with van der Waals surface area (Å²) in [5.74, 6) is -0.350. The first kappa shape index (κ1) is 26.7. The standard InChI is InChI=1S/C19H27FN4O3S.C2H2F2O/c1-13(2)26-19(28)23-8-6-22(7-9-23)17-5-4-14(10-16(17)20)24-12-15(11-21-3)27-18(24)25;3-2(4)1-5/h4-5,10,13,15,21H,6-9,11-12H2,1-3H3;1-2H. The molecule has 2 aliphatic rings. The number of anilines is 2. The summed E-state index contributed by atoms with van der Waals surface area (Å²) >= 11 is 5.31. The zero-order valence-corrected chi connectivity index (χ0v) is 19.6. The third-order valence-corrected chi connectivity index (χ3v) is 5.22. The van der Waals surface area contributed by atoms with Crippen LogP contribution in [0, 0.1) is 5.82 Å². The van der Waals surface area contributed by atoms with E-state index in [0.717, 1.165) is 0 Å². The van der Waals surface area contributed by atoms with Gasteiger partial charge in [0.15, 0.2) is 6.29 Å². The number of hydrogen-bond donors (Lipinski definition) is 1. The van der Waals surface area contributed by atoms with Crippen LogP contribution in [0.25, 0.3) is 0 Å². The largest absolute Gasteiger partial charge is 0.468 e. The quantitative estimate of drug-likeness (QED) is 0.482. The van der Waals surface area contributed by atoms with Gasteiger partial charge in [0, 0.05) is 32.7 Å². The summed E-state index contributed by atoms with van der Waals surface area (Å²) < 4.78 is 46.4. The maximum absolute atomic E-state index is 14.8. The number of nitrogens with zero attached hydrogens (tertiary/aromatic N) is 3. The van der Waals surface area contributed by atoms with Crippen molar-refractivity contribution < 1.29 is 32.2 Å². The van der Waals surface area contributed by atoms with Gasteiger partial charge in [-0.3, -0.25) is 9.69 Å². The van der Waals surface area contributed by atoms with Crippen LogP contribution in [0.3, 0.4) is 0 Å². The first-order valence-corrected chi connectivity index (χ1v) is 10.9. The lowest BCUT2D eigenvalue weighted by Gasteiger charge is -2.37. The number of amides is 1. The fraction of sp³-hybridized carbons (Fsp3) is 0.571. The third kappa shape index (κ3) is 7.74. The molecule has 1 amide bonds. The van der Waals surface area contributed by atoms with E-state index in [1.54, 1.807) is 19.2 Å². The molecule has 0 radical (unpaired) electrons. The summed E-state index contributed by atoms with van der Waals surface area (Å²) in [5.41, 5.74) is 1.04. The zero-order valence-electron chi connectivity index (χ0n) is 18.8. The van der Waals surface area contributed by atoms with E-state index in [2.05, 4.69) is 5.32 Å². The maximum atomic E-state index is 14.8. The molecular weight excluding hydrogens is 461 g/mol. The summed E-state index contributed by atoms with van der Waals surface area (Å²) in [4.78, 5) is 26.3. The molecule has 1 aromatic carbocycles. The van der Waals surface area contributed by atoms with Crippen LogP contribution < -0.4 is 15.1 Å². The Hall–Kier alpha value is -2.60. The van der Waals surface area contributed by atoms with Crippen molar-refractivity contribution >= 4 is 41.1 Å². The molecule has 1 N–H and O–H groups in total. The number of carbonyl (C=O) groups is 2. The second-order valence-electron chi connectivity index (χ2n) is 7.69. The number of hydrogen-bond acceptors (Lipinski definition) is 7. The van der Waals surface area contributed by atoms with Gasteiger partial charge in [0.05, 0.1) is 24.0 Å². The topological polar surface area (TPSA) is 74.3 Å². The van der Waals surface area contributed by atoms with E-state index in [-0.39, 0.29) is 18.0 Å². The Morgan fingerprint density at radius 1 is 1.30 bits per heavy atom. The van der Waals surface area contributed by atoms with E-state index in [0.29, 0.717) is 55.8 Å². The van der Waals surface area contributed by atoms with E-state index in [1.165, 1.54) is 11.0 Å². The lowest BCUT2D eigenvalue weighted by molar-refractivity contribution is -0.116. The summed E-state index contributed by atoms with van der Waals surface area (Å²) in [6.07, 6.45) is -3.85. The molecule has 33 heavy (non-hydrogen) atoms. The fourth-order valence-corrected chi connectivity index (χ4v) is 3.77. The van der Waals surface area contributed by atoms with Gasteiger partial charge in [-0.25, -0.2) is 18.0 Å². The van der Waals surface area contributed by atoms with E-state index in [4.69, 9.17) is 26.5 Å². The number of aldehydes is 1. The van der Waals surface area contributed by atoms with Crippen molar-refractivity contribution in [1.29, 1.82) is 0 Å². The SMILES string of the molecule is CNCC1CN(c2ccc(N3CCN(C(=S)OC(C)C)CC3)c(F)c2)C(=O)O1.O=CC(F)F. The summed E-state index contributed by atoms with van der Waals surface area (Å²) in [7, 11) is 1.80. The number of rotatable bonds is 6. The summed E-state index contributed by atoms with van der Waals surface area (Å²) in [5, 5.41) is 3.48. The van der Waals surface area contributed by atoms with Gasteiger partial charge in [0.1, 0.15) is 11.9 Å². The Balaban J connectivity index is 0.000000696. The van der Waals surface area contributed by atoms with Crippen molar-refractivity contribution in [2.75, 3.05) is 56.1 Å². The van der Waals surface area contributed by atoms with Gasteiger partial charge in [-0.15, -0.1) is 0 Å². The van der Waals surface area contributed by atoms with Crippen molar-refractivity contribution in [2.45, 2.75) is 32.5 Å². The Morgan fingerprint density at radius 3 is 2.45 bits per heavy atom. The molecule has 184 valence electrons. The van der Waals surface area contributed by atoms with Crippen LogP contribution in [-0.4, -0.2) is 87.4 Å². The minimum atomic E-state index is -2.80. The normalized spacial score (nSPS) is 18.2. The number of benzene rings is 1. The van der Waals surface area contributed by atoms with Gasteiger partial charge in [-0.2, -0.15) is 0 Å². The second-order valence-corrected chi connectivity index (χ2v) is 8.04. The Bertz CT molecular complexity index is 823. The lowest BCUT2D eigenvalue weighted by Crippen LogP contribution is -2.49. The number of nitrogens with one attached hydrogen (secondary N) is 1. The molecule has 0 saturated carbocycles. The molecule has 1 atom stereocenters. The first-order valence-electron chi connectivity index (χ1n) is 10.5. The van der Waals surface area contributed by atoms with Crippen LogP contribution in [-0.2, 0) is 14.3 Å². The third-order valence-electron chi connectivity index (χ3n) is 4.87. The molecule has 0 spiro atoms. The van der Waals surface area contributed by atoms with Crippen molar-refractivity contribution in [1.82, 2.24) is 10.2 Å². The molecule has 0 aliphatic carbocycles. The van der Waals surface area contributed by atoms with Gasteiger partial charge in [0.2, 0.25) is 0 Å². The van der Waals surface area contributed by atoms with Crippen LogP contribution >= 0.6 is 12.2 Å². The minimum Gasteiger partial charge on any atom is -0.468 e. The lowest BCUT2D eigenvalue weighted by atomic mass is 10.2. The van der Waals surface area contributed by atoms with Gasteiger partial charge in [-0.1, -0.05) is 0 Å². The number of likely N-dealkylation sites (N-methyl/N-ethyl adjacent to an activating group) is 1. The Morgan fingerprint density at radius 2 is 1.94 bits per heavy atom. The van der Waals surface area contributed by atoms with E-state index in [1.807, 2.05) is 23.6 Å². The van der Waals surface area contributed by atoms with E-state index >= 15 is 0 Å². The average Bonchev–Trinajstić information content (AvgIpc) is 3.14. The van der Waals surface area contributed by atoms with Crippen molar-refractivity contribution in [2.24, 2.45) is 0 Å². The Labute approximate surface area is 196 Å². The zero-order chi connectivity index (χ0) is 24.5. The second kappa shape index (κ2) is 12.6. The number of piperazine rings is 1. The number of alkyl halides is 2. The van der Waals surface area contributed by atoms with E-state index < -0.39 is 18.8 Å². The van der Waals surface area contributed by atoms with Crippen LogP contribution in [0.15, 0.2) is 18.2 Å². The highest BCUT2D eigenvalue weighted by Crippen LogP contribution is 2.28. The van der Waals surface area contributed by atoms with Crippen molar-refractivity contribution in [3.63, 3.8) is 0 Å². The fourth-order valence-electron chi connectivity index (χ4n) is 3.39. The molecule has 0 bridgehead atoms. The number of ether oxygens (including phenoxy) is 2. The molecular formula is C21H29F3N4O4S. The van der Waals surface area contributed by atoms with Crippen LogP contribution in [0.5, 0.6) is 0 Å². The highest BCUT2D eigenvalue weighted by atomic mass is 32.1. The average molecular weight is 491 g/mol. The smallest absolute Gasteiger partial charge is 0.414 e. The first-order chi connectivity index (χ1) is 15.7. The predicted octanol–water partition coefficient (Wildman–Crippen LogP) is 2.65. The molecule has 1 aromatic rings. The molecule has 2 aliphatic heterocycles. The van der Waals surface area contributed by atoms with Gasteiger partial charge >= 0.3 is 6.09 Å². The van der Waals surface area contributed by atoms with Crippen LogP contribution in [0.1, 0.15) is 13.8 Å². The molecule has 1 unspecified atom stereocenters. The molecule has 2 fully saturated rings. The predicted molar refractivity (Wildman–Crippen MR) is 123 cm³/mol. The number of carbonyl (C=O) groups excluding carboxylic acids is 2. The van der Waals surface area contributed by atoms with E-state index in [9.17, 15) is 18.0 Å². The monoisotopic (exact) mass is 490 g/mol. The minimum absolute atomic E-state index is 0.0421. The highest BCUT2D eigenvalue weighted by Gasteiger charge is 2.32. The van der Waals surface area contributed by atoms with Gasteiger partial charge < -0.3 is 24.6 Å². The van der Waals surface area contributed by atoms with Gasteiger partial charge in [-0.05, 0) is 51.3 Å². The maximum Gasteiger partial charge on any atom is 0.414 e. The highest BCUT2D eigenvalue weighted by molar-refractivity contribution is 7.80. The molecule has 2 heterocycles. The van der Waals surface area contributed by atoms with Crippen molar-refractivity contribution in [3.8, 4) is 0 Å². The van der Waals surface area contributed by atoms with Crippen LogP contribution in [0.4, 0.5) is 29.3 Å². The number of thiocarbonyl (C=S) groups is 1. The number of halogens is 3. The summed E-state index contributed by atoms with van der Waals surface area (Å²) in [6.45, 7) is 7.50. The molecule has 3 rings (SSSR count). The van der Waals surface area contributed by atoms with Crippen LogP contribution in [0.2, 0.25) is 0 Å². The summed E-state index contributed by atoms with van der Waals surface area (Å²) in [6, 6.07) is 4.89. The van der Waals surface area contributed by atoms with Gasteiger partial charge in [0.25, 0.3) is 11.6 Å². The number of cyclic esters (lactones) is 1.